The molecule has 0 spiro atoms. The molecule has 12 nitrogen and oxygen atoms in total. The molecule has 3 aromatic rings. The van der Waals surface area contributed by atoms with Gasteiger partial charge in [0.2, 0.25) is 5.91 Å². The van der Waals surface area contributed by atoms with E-state index >= 15 is 0 Å². The smallest absolute Gasteiger partial charge is 0.490 e. The minimum absolute atomic E-state index is 0.00416. The summed E-state index contributed by atoms with van der Waals surface area (Å²) in [5.74, 6) is -3.36. The number of carbonyl (C=O) groups is 2. The van der Waals surface area contributed by atoms with Crippen molar-refractivity contribution in [2.24, 2.45) is 5.73 Å². The van der Waals surface area contributed by atoms with Crippen molar-refractivity contribution in [3.05, 3.63) is 69.1 Å². The summed E-state index contributed by atoms with van der Waals surface area (Å²) in [7, 11) is 0. The molecule has 0 radical (unpaired) electrons. The predicted octanol–water partition coefficient (Wildman–Crippen LogP) is 2.91. The van der Waals surface area contributed by atoms with E-state index in [-0.39, 0.29) is 53.1 Å². The van der Waals surface area contributed by atoms with Gasteiger partial charge in [0.1, 0.15) is 18.1 Å². The Morgan fingerprint density at radius 2 is 1.76 bits per heavy atom. The molecule has 0 fully saturated rings. The maximum Gasteiger partial charge on any atom is 0.490 e. The van der Waals surface area contributed by atoms with Gasteiger partial charge in [-0.3, -0.25) is 19.6 Å². The predicted molar refractivity (Wildman–Crippen MR) is 147 cm³/mol. The molecule has 0 saturated carbocycles. The van der Waals surface area contributed by atoms with Crippen molar-refractivity contribution in [3.63, 3.8) is 0 Å². The minimum atomic E-state index is -5.08. The molecule has 1 aromatic heterocycles. The number of nitrogens with zero attached hydrogens (tertiary/aromatic N) is 2. The summed E-state index contributed by atoms with van der Waals surface area (Å²) in [5, 5.41) is 30.2. The highest BCUT2D eigenvalue weighted by Crippen LogP contribution is 2.31. The highest BCUT2D eigenvalue weighted by atomic mass is 35.5. The number of amidine groups is 1. The Morgan fingerprint density at radius 3 is 2.24 bits per heavy atom. The molecule has 9 N–H and O–H groups in total. The summed E-state index contributed by atoms with van der Waals surface area (Å²) in [6.07, 6.45) is -5.08. The van der Waals surface area contributed by atoms with Crippen LogP contribution in [0.2, 0.25) is 5.15 Å². The zero-order chi connectivity index (χ0) is 31.1. The topological polar surface area (TPSA) is 209 Å². The van der Waals surface area contributed by atoms with E-state index in [1.807, 2.05) is 13.8 Å². The molecule has 0 atom stereocenters. The van der Waals surface area contributed by atoms with E-state index in [4.69, 9.17) is 38.4 Å². The van der Waals surface area contributed by atoms with E-state index < -0.39 is 23.6 Å². The number of nitrogens with two attached hydrogens (primary N) is 2. The number of anilines is 2. The third kappa shape index (κ3) is 9.42. The van der Waals surface area contributed by atoms with Crippen molar-refractivity contribution in [3.8, 4) is 17.0 Å². The molecule has 2 aromatic carbocycles. The van der Waals surface area contributed by atoms with Crippen LogP contribution in [0, 0.1) is 5.41 Å². The van der Waals surface area contributed by atoms with Crippen LogP contribution in [0.1, 0.15) is 25.0 Å². The number of halogens is 4. The zero-order valence-electron chi connectivity index (χ0n) is 21.7. The second-order valence-corrected chi connectivity index (χ2v) is 9.15. The monoisotopic (exact) mass is 597 g/mol. The summed E-state index contributed by atoms with van der Waals surface area (Å²) in [4.78, 5) is 39.1. The number of phenols is 1. The first-order valence-corrected chi connectivity index (χ1v) is 12.0. The van der Waals surface area contributed by atoms with E-state index in [0.717, 1.165) is 5.56 Å². The maximum absolute atomic E-state index is 13.2. The number of amides is 1. The molecule has 0 aliphatic rings. The number of phenolic OH excluding ortho intramolecular Hbond substituents is 1. The fourth-order valence-corrected chi connectivity index (χ4v) is 3.60. The van der Waals surface area contributed by atoms with E-state index in [9.17, 15) is 27.9 Å². The van der Waals surface area contributed by atoms with Gasteiger partial charge in [0.05, 0.1) is 5.69 Å². The lowest BCUT2D eigenvalue weighted by atomic mass is 10.1. The summed E-state index contributed by atoms with van der Waals surface area (Å²) >= 11 is 6.43. The fraction of sp³-hybridized carbons (Fsp3) is 0.240. The van der Waals surface area contributed by atoms with Gasteiger partial charge in [-0.15, -0.1) is 0 Å². The van der Waals surface area contributed by atoms with Gasteiger partial charge < -0.3 is 32.3 Å². The number of carboxylic acids is 1. The Kier molecular flexibility index (Phi) is 10.7. The first-order valence-electron chi connectivity index (χ1n) is 11.7. The summed E-state index contributed by atoms with van der Waals surface area (Å²) < 4.78 is 32.9. The van der Waals surface area contributed by atoms with E-state index in [1.54, 1.807) is 24.3 Å². The molecule has 0 saturated heterocycles. The van der Waals surface area contributed by atoms with Crippen molar-refractivity contribution >= 4 is 40.8 Å². The van der Waals surface area contributed by atoms with Gasteiger partial charge in [-0.2, -0.15) is 13.2 Å². The number of nitrogens with one attached hydrogen (secondary N) is 3. The molecule has 0 aliphatic heterocycles. The van der Waals surface area contributed by atoms with Crippen molar-refractivity contribution < 1.29 is 33.0 Å². The normalized spacial score (nSPS) is 10.9. The number of rotatable bonds is 8. The maximum atomic E-state index is 13.2. The Hall–Kier alpha value is -4.79. The van der Waals surface area contributed by atoms with Crippen LogP contribution in [0.4, 0.5) is 24.7 Å². The molecule has 0 unspecified atom stereocenters. The van der Waals surface area contributed by atoms with Gasteiger partial charge in [-0.25, -0.2) is 9.78 Å². The minimum Gasteiger partial charge on any atom is -0.508 e. The quantitative estimate of drug-likeness (QED) is 0.115. The van der Waals surface area contributed by atoms with E-state index in [2.05, 4.69) is 15.6 Å². The molecule has 220 valence electrons. The van der Waals surface area contributed by atoms with Crippen molar-refractivity contribution in [1.29, 1.82) is 5.41 Å². The van der Waals surface area contributed by atoms with Crippen LogP contribution in [0.25, 0.3) is 11.3 Å². The van der Waals surface area contributed by atoms with Crippen LogP contribution >= 0.6 is 11.6 Å². The third-order valence-corrected chi connectivity index (χ3v) is 5.32. The van der Waals surface area contributed by atoms with Crippen LogP contribution in [0.3, 0.4) is 0 Å². The van der Waals surface area contributed by atoms with Gasteiger partial charge in [-0.1, -0.05) is 35.9 Å². The summed E-state index contributed by atoms with van der Waals surface area (Å²) in [6, 6.07) is 11.0. The van der Waals surface area contributed by atoms with Gasteiger partial charge >= 0.3 is 12.1 Å². The second-order valence-electron chi connectivity index (χ2n) is 8.79. The largest absolute Gasteiger partial charge is 0.508 e. The second kappa shape index (κ2) is 13.5. The molecular formula is C25H27ClF3N7O5. The molecule has 1 heterocycles. The first-order chi connectivity index (χ1) is 19.0. The van der Waals surface area contributed by atoms with Crippen molar-refractivity contribution in [2.45, 2.75) is 39.2 Å². The lowest BCUT2D eigenvalue weighted by Gasteiger charge is -2.18. The Labute approximate surface area is 236 Å². The number of hydrogen-bond donors (Lipinski definition) is 7. The number of hydrogen-bond acceptors (Lipinski definition) is 8. The number of alkyl halides is 3. The van der Waals surface area contributed by atoms with E-state index in [1.165, 1.54) is 22.8 Å². The van der Waals surface area contributed by atoms with Crippen LogP contribution in [-0.4, -0.2) is 49.7 Å². The standard InChI is InChI=1S/C23H26ClN7O3.C2HF3O2/c1-12(2)29-22-23(34)31(19(20(24)30-22)15-7-16(25)9-17(32)8-15)11-18(33)28-10-13-3-5-14(6-4-13)21(26)27;3-2(4,5)1(6)7/h3-9,12,32H,10-11,25H2,1-2H3,(H3,26,27)(H,28,33)(H,29,30);(H,6,7). The van der Waals surface area contributed by atoms with Crippen LogP contribution in [0.15, 0.2) is 47.3 Å². The first kappa shape index (κ1) is 32.4. The third-order valence-electron chi connectivity index (χ3n) is 5.06. The molecule has 1 amide bonds. The van der Waals surface area contributed by atoms with Crippen LogP contribution in [0.5, 0.6) is 5.75 Å². The van der Waals surface area contributed by atoms with E-state index in [0.29, 0.717) is 11.1 Å². The highest BCUT2D eigenvalue weighted by molar-refractivity contribution is 6.32. The Balaban J connectivity index is 0.000000745. The van der Waals surface area contributed by atoms with Crippen molar-refractivity contribution in [1.82, 2.24) is 14.9 Å². The Bertz CT molecular complexity index is 1470. The number of aromatic nitrogens is 2. The van der Waals surface area contributed by atoms with Crippen molar-refractivity contribution in [2.75, 3.05) is 11.1 Å². The number of carboxylic acid groups (broad SMARTS) is 1. The van der Waals surface area contributed by atoms with Gasteiger partial charge in [0.25, 0.3) is 5.56 Å². The average molecular weight is 598 g/mol. The Morgan fingerprint density at radius 1 is 1.17 bits per heavy atom. The molecule has 0 bridgehead atoms. The zero-order valence-corrected chi connectivity index (χ0v) is 22.5. The average Bonchev–Trinajstić information content (AvgIpc) is 2.84. The summed E-state index contributed by atoms with van der Waals surface area (Å²) in [5.41, 5.74) is 12.9. The lowest BCUT2D eigenvalue weighted by molar-refractivity contribution is -0.192. The number of benzene rings is 2. The number of aliphatic carboxylic acids is 1. The van der Waals surface area contributed by atoms with Gasteiger partial charge in [0.15, 0.2) is 11.0 Å². The number of aromatic hydroxyl groups is 1. The fourth-order valence-electron chi connectivity index (χ4n) is 3.31. The molecular weight excluding hydrogens is 571 g/mol. The molecule has 41 heavy (non-hydrogen) atoms. The highest BCUT2D eigenvalue weighted by Gasteiger charge is 2.38. The molecule has 0 aliphatic carbocycles. The van der Waals surface area contributed by atoms with Gasteiger partial charge in [-0.05, 0) is 31.5 Å². The van der Waals surface area contributed by atoms with Crippen LogP contribution < -0.4 is 27.7 Å². The lowest BCUT2D eigenvalue weighted by Crippen LogP contribution is -2.35. The molecule has 16 heteroatoms. The summed E-state index contributed by atoms with van der Waals surface area (Å²) in [6.45, 7) is 3.54. The number of nitrogen functional groups attached to an aromatic ring is 2. The SMILES string of the molecule is CC(C)Nc1nc(Cl)c(-c2cc(N)cc(O)c2)n(CC(=O)NCc2ccc(C(=N)N)cc2)c1=O.O=C(O)C(F)(F)F. The van der Waals surface area contributed by atoms with Crippen LogP contribution in [-0.2, 0) is 22.7 Å². The van der Waals surface area contributed by atoms with Gasteiger partial charge in [0, 0.05) is 35.5 Å². The number of carbonyl (C=O) groups excluding carboxylic acids is 1. The molecule has 3 rings (SSSR count).